The molecule has 0 saturated carbocycles. The van der Waals surface area contributed by atoms with E-state index in [0.717, 1.165) is 19.4 Å². The Morgan fingerprint density at radius 3 is 2.55 bits per heavy atom. The number of urea groups is 1. The number of rotatable bonds is 2. The Bertz CT molecular complexity index is 439. The van der Waals surface area contributed by atoms with Crippen LogP contribution in [0.2, 0.25) is 0 Å². The minimum atomic E-state index is 0.0764. The average molecular weight is 274 g/mol. The van der Waals surface area contributed by atoms with Gasteiger partial charge in [0, 0.05) is 12.6 Å². The summed E-state index contributed by atoms with van der Waals surface area (Å²) in [6.45, 7) is 6.98. The molecular formula is C17H26N2O. The zero-order chi connectivity index (χ0) is 14.5. The smallest absolute Gasteiger partial charge is 0.318 e. The number of hydrogen-bond donors (Lipinski definition) is 1. The molecule has 0 aliphatic carbocycles. The van der Waals surface area contributed by atoms with E-state index in [1.165, 1.54) is 24.0 Å². The largest absolute Gasteiger partial charge is 0.336 e. The maximum Gasteiger partial charge on any atom is 0.318 e. The molecule has 1 atom stereocenters. The fourth-order valence-corrected chi connectivity index (χ4v) is 2.82. The standard InChI is InChI=1S/C17H26N2O/c1-13(2)18-17(20)19-12-6-4-5-7-16(19)15-10-8-14(3)9-11-15/h8-11,13,16H,4-7,12H2,1-3H3,(H,18,20). The summed E-state index contributed by atoms with van der Waals surface area (Å²) >= 11 is 0. The van der Waals surface area contributed by atoms with E-state index >= 15 is 0 Å². The Balaban J connectivity index is 2.20. The van der Waals surface area contributed by atoms with E-state index in [9.17, 15) is 4.79 Å². The molecule has 1 aliphatic rings. The molecule has 3 heteroatoms. The first-order valence-corrected chi connectivity index (χ1v) is 7.71. The van der Waals surface area contributed by atoms with Crippen LogP contribution in [0.3, 0.4) is 0 Å². The topological polar surface area (TPSA) is 32.3 Å². The van der Waals surface area contributed by atoms with Gasteiger partial charge in [-0.15, -0.1) is 0 Å². The molecule has 110 valence electrons. The van der Waals surface area contributed by atoms with Crippen molar-refractivity contribution < 1.29 is 4.79 Å². The van der Waals surface area contributed by atoms with Gasteiger partial charge in [-0.3, -0.25) is 0 Å². The van der Waals surface area contributed by atoms with E-state index in [0.29, 0.717) is 0 Å². The van der Waals surface area contributed by atoms with Gasteiger partial charge < -0.3 is 10.2 Å². The molecule has 1 fully saturated rings. The summed E-state index contributed by atoms with van der Waals surface area (Å²) in [7, 11) is 0. The molecule has 3 nitrogen and oxygen atoms in total. The van der Waals surface area contributed by atoms with Crippen LogP contribution in [0.15, 0.2) is 24.3 Å². The first kappa shape index (κ1) is 14.9. The summed E-state index contributed by atoms with van der Waals surface area (Å²) in [6, 6.07) is 9.09. The van der Waals surface area contributed by atoms with Crippen molar-refractivity contribution >= 4 is 6.03 Å². The van der Waals surface area contributed by atoms with Crippen molar-refractivity contribution in [2.45, 2.75) is 58.5 Å². The lowest BCUT2D eigenvalue weighted by atomic mass is 10.00. The third-order valence-electron chi connectivity index (χ3n) is 3.89. The molecule has 0 bridgehead atoms. The van der Waals surface area contributed by atoms with Crippen molar-refractivity contribution in [1.82, 2.24) is 10.2 Å². The van der Waals surface area contributed by atoms with Crippen molar-refractivity contribution in [3.8, 4) is 0 Å². The molecule has 0 radical (unpaired) electrons. The molecule has 0 aromatic heterocycles. The predicted octanol–water partition coefficient (Wildman–Crippen LogP) is 4.03. The second-order valence-electron chi connectivity index (χ2n) is 6.07. The highest BCUT2D eigenvalue weighted by atomic mass is 16.2. The Hall–Kier alpha value is -1.51. The fraction of sp³-hybridized carbons (Fsp3) is 0.588. The molecule has 0 spiro atoms. The summed E-state index contributed by atoms with van der Waals surface area (Å²) in [5.74, 6) is 0. The summed E-state index contributed by atoms with van der Waals surface area (Å²) in [5, 5.41) is 3.04. The number of hydrogen-bond acceptors (Lipinski definition) is 1. The molecule has 1 aromatic carbocycles. The first-order valence-electron chi connectivity index (χ1n) is 7.71. The van der Waals surface area contributed by atoms with Gasteiger partial charge in [0.05, 0.1) is 6.04 Å². The van der Waals surface area contributed by atoms with E-state index < -0.39 is 0 Å². The zero-order valence-electron chi connectivity index (χ0n) is 12.9. The minimum absolute atomic E-state index is 0.0764. The van der Waals surface area contributed by atoms with Crippen LogP contribution in [0.1, 0.15) is 56.7 Å². The summed E-state index contributed by atoms with van der Waals surface area (Å²) < 4.78 is 0. The highest BCUT2D eigenvalue weighted by molar-refractivity contribution is 5.75. The normalized spacial score (nSPS) is 19.8. The van der Waals surface area contributed by atoms with Gasteiger partial charge in [0.25, 0.3) is 0 Å². The molecule has 1 aliphatic heterocycles. The highest BCUT2D eigenvalue weighted by Gasteiger charge is 2.26. The van der Waals surface area contributed by atoms with Crippen molar-refractivity contribution in [3.05, 3.63) is 35.4 Å². The van der Waals surface area contributed by atoms with Gasteiger partial charge in [0.15, 0.2) is 0 Å². The number of likely N-dealkylation sites (tertiary alicyclic amines) is 1. The van der Waals surface area contributed by atoms with Crippen LogP contribution in [0.5, 0.6) is 0 Å². The molecule has 1 N–H and O–H groups in total. The fourth-order valence-electron chi connectivity index (χ4n) is 2.82. The van der Waals surface area contributed by atoms with E-state index in [1.54, 1.807) is 0 Å². The summed E-state index contributed by atoms with van der Waals surface area (Å²) in [4.78, 5) is 14.5. The van der Waals surface area contributed by atoms with Gasteiger partial charge in [-0.1, -0.05) is 42.7 Å². The maximum atomic E-state index is 12.4. The highest BCUT2D eigenvalue weighted by Crippen LogP contribution is 2.30. The van der Waals surface area contributed by atoms with Crippen molar-refractivity contribution in [2.24, 2.45) is 0 Å². The van der Waals surface area contributed by atoms with Crippen LogP contribution in [-0.4, -0.2) is 23.5 Å². The third kappa shape index (κ3) is 3.75. The lowest BCUT2D eigenvalue weighted by Crippen LogP contribution is -2.44. The van der Waals surface area contributed by atoms with E-state index in [4.69, 9.17) is 0 Å². The molecule has 1 saturated heterocycles. The number of aryl methyl sites for hydroxylation is 1. The Kier molecular flexibility index (Phi) is 5.05. The lowest BCUT2D eigenvalue weighted by Gasteiger charge is -2.31. The molecule has 20 heavy (non-hydrogen) atoms. The minimum Gasteiger partial charge on any atom is -0.336 e. The van der Waals surface area contributed by atoms with Gasteiger partial charge in [-0.05, 0) is 39.2 Å². The van der Waals surface area contributed by atoms with E-state index in [2.05, 4.69) is 36.5 Å². The van der Waals surface area contributed by atoms with Crippen LogP contribution in [0.4, 0.5) is 4.79 Å². The zero-order valence-corrected chi connectivity index (χ0v) is 12.9. The maximum absolute atomic E-state index is 12.4. The van der Waals surface area contributed by atoms with Crippen LogP contribution >= 0.6 is 0 Å². The molecule has 1 heterocycles. The average Bonchev–Trinajstić information content (AvgIpc) is 2.64. The lowest BCUT2D eigenvalue weighted by molar-refractivity contribution is 0.173. The van der Waals surface area contributed by atoms with Crippen molar-refractivity contribution in [3.63, 3.8) is 0 Å². The van der Waals surface area contributed by atoms with Gasteiger partial charge >= 0.3 is 6.03 Å². The van der Waals surface area contributed by atoms with Gasteiger partial charge in [0.2, 0.25) is 0 Å². The molecule has 2 rings (SSSR count). The molecule has 1 aromatic rings. The quantitative estimate of drug-likeness (QED) is 0.867. The Morgan fingerprint density at radius 1 is 1.20 bits per heavy atom. The monoisotopic (exact) mass is 274 g/mol. The SMILES string of the molecule is Cc1ccc(C2CCCCCN2C(=O)NC(C)C)cc1. The van der Waals surface area contributed by atoms with Crippen LogP contribution in [0.25, 0.3) is 0 Å². The second-order valence-corrected chi connectivity index (χ2v) is 6.07. The number of amides is 2. The Labute approximate surface area is 122 Å². The molecule has 2 amide bonds. The number of nitrogens with zero attached hydrogens (tertiary/aromatic N) is 1. The number of nitrogens with one attached hydrogen (secondary N) is 1. The first-order chi connectivity index (χ1) is 9.58. The van der Waals surface area contributed by atoms with E-state index in [1.807, 2.05) is 18.7 Å². The Morgan fingerprint density at radius 2 is 1.90 bits per heavy atom. The van der Waals surface area contributed by atoms with Crippen LogP contribution < -0.4 is 5.32 Å². The van der Waals surface area contributed by atoms with E-state index in [-0.39, 0.29) is 18.1 Å². The van der Waals surface area contributed by atoms with Gasteiger partial charge in [-0.25, -0.2) is 4.79 Å². The number of carbonyl (C=O) groups excluding carboxylic acids is 1. The van der Waals surface area contributed by atoms with Gasteiger partial charge in [0.1, 0.15) is 0 Å². The van der Waals surface area contributed by atoms with Crippen molar-refractivity contribution in [1.29, 1.82) is 0 Å². The van der Waals surface area contributed by atoms with Crippen LogP contribution in [-0.2, 0) is 0 Å². The summed E-state index contributed by atoms with van der Waals surface area (Å²) in [5.41, 5.74) is 2.52. The second kappa shape index (κ2) is 6.78. The van der Waals surface area contributed by atoms with Gasteiger partial charge in [-0.2, -0.15) is 0 Å². The molecular weight excluding hydrogens is 248 g/mol. The molecule has 1 unspecified atom stereocenters. The van der Waals surface area contributed by atoms with Crippen molar-refractivity contribution in [2.75, 3.05) is 6.54 Å². The number of carbonyl (C=O) groups is 1. The van der Waals surface area contributed by atoms with Crippen LogP contribution in [0, 0.1) is 6.92 Å². The summed E-state index contributed by atoms with van der Waals surface area (Å²) in [6.07, 6.45) is 4.58. The number of benzene rings is 1. The predicted molar refractivity (Wildman–Crippen MR) is 82.8 cm³/mol. The third-order valence-corrected chi connectivity index (χ3v) is 3.89.